The molecule has 2 N–H and O–H groups in total. The molecule has 1 aromatic heterocycles. The van der Waals surface area contributed by atoms with E-state index < -0.39 is 12.0 Å². The van der Waals surface area contributed by atoms with Crippen LogP contribution >= 0.6 is 23.2 Å². The highest BCUT2D eigenvalue weighted by molar-refractivity contribution is 6.34. The van der Waals surface area contributed by atoms with E-state index in [1.807, 2.05) is 0 Å². The highest BCUT2D eigenvalue weighted by Gasteiger charge is 2.19. The van der Waals surface area contributed by atoms with E-state index in [1.54, 1.807) is 19.3 Å². The number of aliphatic hydroxyl groups is 1. The lowest BCUT2D eigenvalue weighted by atomic mass is 10.1. The smallest absolute Gasteiger partial charge is 0.259 e. The molecule has 1 heterocycles. The molecule has 0 saturated carbocycles. The Bertz CT molecular complexity index is 593. The van der Waals surface area contributed by atoms with Gasteiger partial charge in [0.05, 0.1) is 0 Å². The topological polar surface area (TPSA) is 67.2 Å². The first-order chi connectivity index (χ1) is 8.95. The van der Waals surface area contributed by atoms with Gasteiger partial charge < -0.3 is 10.4 Å². The van der Waals surface area contributed by atoms with Gasteiger partial charge in [-0.1, -0.05) is 23.2 Å². The molecule has 1 unspecified atom stereocenters. The van der Waals surface area contributed by atoms with Crippen molar-refractivity contribution in [2.24, 2.45) is 7.05 Å². The van der Waals surface area contributed by atoms with Gasteiger partial charge in [0.25, 0.3) is 5.91 Å². The Hall–Kier alpha value is -1.56. The number of nitrogens with zero attached hydrogens (tertiary/aromatic N) is 2. The number of aliphatic hydroxyl groups excluding tert-OH is 1. The number of anilines is 1. The Labute approximate surface area is 119 Å². The highest BCUT2D eigenvalue weighted by Crippen LogP contribution is 2.24. The molecule has 100 valence electrons. The SMILES string of the molecule is Cn1ccc(NC(=O)C(O)c2cc(Cl)cc(Cl)c2)n1. The largest absolute Gasteiger partial charge is 0.378 e. The molecule has 0 radical (unpaired) electrons. The number of halogens is 2. The van der Waals surface area contributed by atoms with Crippen molar-refractivity contribution in [3.8, 4) is 0 Å². The molecule has 2 aromatic rings. The van der Waals surface area contributed by atoms with Crippen molar-refractivity contribution in [1.29, 1.82) is 0 Å². The maximum Gasteiger partial charge on any atom is 0.259 e. The van der Waals surface area contributed by atoms with E-state index in [0.29, 0.717) is 21.4 Å². The van der Waals surface area contributed by atoms with Crippen molar-refractivity contribution >= 4 is 34.9 Å². The van der Waals surface area contributed by atoms with E-state index in [-0.39, 0.29) is 0 Å². The van der Waals surface area contributed by atoms with Crippen molar-refractivity contribution in [3.63, 3.8) is 0 Å². The van der Waals surface area contributed by atoms with Gasteiger partial charge in [0.1, 0.15) is 0 Å². The number of benzene rings is 1. The normalized spacial score (nSPS) is 12.2. The molecule has 1 aromatic carbocycles. The predicted octanol–water partition coefficient (Wildman–Crippen LogP) is 2.40. The minimum absolute atomic E-state index is 0.325. The first kappa shape index (κ1) is 13.9. The molecule has 0 aliphatic carbocycles. The average Bonchev–Trinajstić information content (AvgIpc) is 2.72. The van der Waals surface area contributed by atoms with Crippen LogP contribution in [0.1, 0.15) is 11.7 Å². The number of rotatable bonds is 3. The highest BCUT2D eigenvalue weighted by atomic mass is 35.5. The summed E-state index contributed by atoms with van der Waals surface area (Å²) in [6.45, 7) is 0. The zero-order valence-corrected chi connectivity index (χ0v) is 11.5. The number of amides is 1. The lowest BCUT2D eigenvalue weighted by Gasteiger charge is -2.11. The van der Waals surface area contributed by atoms with Crippen LogP contribution in [0, 0.1) is 0 Å². The zero-order chi connectivity index (χ0) is 14.0. The molecule has 19 heavy (non-hydrogen) atoms. The van der Waals surface area contributed by atoms with Crippen molar-refractivity contribution in [1.82, 2.24) is 9.78 Å². The van der Waals surface area contributed by atoms with Crippen LogP contribution in [0.2, 0.25) is 10.0 Å². The number of nitrogens with one attached hydrogen (secondary N) is 1. The van der Waals surface area contributed by atoms with Gasteiger partial charge in [-0.25, -0.2) is 0 Å². The summed E-state index contributed by atoms with van der Waals surface area (Å²) in [7, 11) is 1.73. The van der Waals surface area contributed by atoms with Crippen molar-refractivity contribution in [2.45, 2.75) is 6.10 Å². The molecular weight excluding hydrogens is 289 g/mol. The number of carbonyl (C=O) groups excluding carboxylic acids is 1. The van der Waals surface area contributed by atoms with Crippen LogP contribution < -0.4 is 5.32 Å². The van der Waals surface area contributed by atoms with E-state index in [1.165, 1.54) is 22.9 Å². The third kappa shape index (κ3) is 3.47. The van der Waals surface area contributed by atoms with Crippen LogP contribution in [0.4, 0.5) is 5.82 Å². The van der Waals surface area contributed by atoms with Gasteiger partial charge in [-0.3, -0.25) is 9.48 Å². The van der Waals surface area contributed by atoms with Crippen molar-refractivity contribution in [2.75, 3.05) is 5.32 Å². The molecule has 0 aliphatic heterocycles. The van der Waals surface area contributed by atoms with Crippen LogP contribution in [0.5, 0.6) is 0 Å². The maximum absolute atomic E-state index is 11.8. The van der Waals surface area contributed by atoms with E-state index in [0.717, 1.165) is 0 Å². The minimum Gasteiger partial charge on any atom is -0.378 e. The zero-order valence-electron chi connectivity index (χ0n) is 9.97. The summed E-state index contributed by atoms with van der Waals surface area (Å²) in [6.07, 6.45) is 0.316. The van der Waals surface area contributed by atoms with Crippen LogP contribution in [-0.2, 0) is 11.8 Å². The van der Waals surface area contributed by atoms with Crippen molar-refractivity contribution < 1.29 is 9.90 Å². The third-order valence-electron chi connectivity index (χ3n) is 2.41. The summed E-state index contributed by atoms with van der Waals surface area (Å²) in [6, 6.07) is 6.11. The first-order valence-electron chi connectivity index (χ1n) is 5.40. The van der Waals surface area contributed by atoms with Gasteiger partial charge in [0, 0.05) is 29.4 Å². The van der Waals surface area contributed by atoms with Gasteiger partial charge in [0.2, 0.25) is 0 Å². The van der Waals surface area contributed by atoms with Gasteiger partial charge in [-0.15, -0.1) is 0 Å². The lowest BCUT2D eigenvalue weighted by Crippen LogP contribution is -2.21. The molecule has 0 aliphatic rings. The minimum atomic E-state index is -1.36. The van der Waals surface area contributed by atoms with Crippen LogP contribution in [-0.4, -0.2) is 20.8 Å². The second-order valence-electron chi connectivity index (χ2n) is 3.97. The van der Waals surface area contributed by atoms with Gasteiger partial charge in [-0.05, 0) is 23.8 Å². The summed E-state index contributed by atoms with van der Waals surface area (Å²) in [5, 5.41) is 17.1. The molecule has 0 bridgehead atoms. The summed E-state index contributed by atoms with van der Waals surface area (Å²) in [5.41, 5.74) is 0.325. The van der Waals surface area contributed by atoms with Crippen molar-refractivity contribution in [3.05, 3.63) is 46.1 Å². The third-order valence-corrected chi connectivity index (χ3v) is 2.85. The number of carbonyl (C=O) groups is 1. The quantitative estimate of drug-likeness (QED) is 0.914. The number of aryl methyl sites for hydroxylation is 1. The second-order valence-corrected chi connectivity index (χ2v) is 4.84. The Balaban J connectivity index is 2.14. The van der Waals surface area contributed by atoms with Gasteiger partial charge >= 0.3 is 0 Å². The van der Waals surface area contributed by atoms with Crippen LogP contribution in [0.25, 0.3) is 0 Å². The Morgan fingerprint density at radius 3 is 2.53 bits per heavy atom. The fourth-order valence-corrected chi connectivity index (χ4v) is 2.10. The molecular formula is C12H11Cl2N3O2. The van der Waals surface area contributed by atoms with E-state index in [9.17, 15) is 9.90 Å². The molecule has 5 nitrogen and oxygen atoms in total. The lowest BCUT2D eigenvalue weighted by molar-refractivity contribution is -0.124. The fourth-order valence-electron chi connectivity index (χ4n) is 1.56. The molecule has 1 amide bonds. The van der Waals surface area contributed by atoms with Crippen LogP contribution in [0.15, 0.2) is 30.5 Å². The summed E-state index contributed by atoms with van der Waals surface area (Å²) >= 11 is 11.6. The molecule has 2 rings (SSSR count). The van der Waals surface area contributed by atoms with Gasteiger partial charge in [0.15, 0.2) is 11.9 Å². The Morgan fingerprint density at radius 1 is 1.37 bits per heavy atom. The van der Waals surface area contributed by atoms with Gasteiger partial charge in [-0.2, -0.15) is 5.10 Å². The summed E-state index contributed by atoms with van der Waals surface area (Å²) in [4.78, 5) is 11.8. The first-order valence-corrected chi connectivity index (χ1v) is 6.16. The fraction of sp³-hybridized carbons (Fsp3) is 0.167. The Kier molecular flexibility index (Phi) is 4.09. The van der Waals surface area contributed by atoms with E-state index >= 15 is 0 Å². The molecule has 0 saturated heterocycles. The van der Waals surface area contributed by atoms with E-state index in [4.69, 9.17) is 23.2 Å². The van der Waals surface area contributed by atoms with Crippen LogP contribution in [0.3, 0.4) is 0 Å². The summed E-state index contributed by atoms with van der Waals surface area (Å²) in [5.74, 6) is -0.239. The predicted molar refractivity (Wildman–Crippen MR) is 73.3 cm³/mol. The monoisotopic (exact) mass is 299 g/mol. The number of hydrogen-bond donors (Lipinski definition) is 2. The maximum atomic E-state index is 11.8. The standard InChI is InChI=1S/C12H11Cl2N3O2/c1-17-3-2-10(16-17)15-12(19)11(18)7-4-8(13)6-9(14)5-7/h2-6,11,18H,1H3,(H,15,16,19). The Morgan fingerprint density at radius 2 is 2.00 bits per heavy atom. The number of hydrogen-bond acceptors (Lipinski definition) is 3. The molecule has 0 spiro atoms. The molecule has 1 atom stereocenters. The second kappa shape index (κ2) is 5.61. The van der Waals surface area contributed by atoms with E-state index in [2.05, 4.69) is 10.4 Å². The molecule has 0 fully saturated rings. The average molecular weight is 300 g/mol. The molecule has 7 heteroatoms. The summed E-state index contributed by atoms with van der Waals surface area (Å²) < 4.78 is 1.54. The number of aromatic nitrogens is 2.